The lowest BCUT2D eigenvalue weighted by molar-refractivity contribution is 0.0991. The van der Waals surface area contributed by atoms with Crippen LogP contribution >= 0.6 is 0 Å². The molecule has 3 aromatic heterocycles. The number of anilines is 1. The van der Waals surface area contributed by atoms with E-state index in [2.05, 4.69) is 37.0 Å². The molecule has 1 aliphatic rings. The summed E-state index contributed by atoms with van der Waals surface area (Å²) in [5.41, 5.74) is 2.95. The summed E-state index contributed by atoms with van der Waals surface area (Å²) in [6.07, 6.45) is 3.59. The summed E-state index contributed by atoms with van der Waals surface area (Å²) in [5.74, 6) is 2.17. The first-order valence-electron chi connectivity index (χ1n) is 10.7. The molecular weight excluding hydrogens is 404 g/mol. The van der Waals surface area contributed by atoms with Gasteiger partial charge in [-0.1, -0.05) is 0 Å². The van der Waals surface area contributed by atoms with Crippen LogP contribution in [-0.4, -0.2) is 64.1 Å². The van der Waals surface area contributed by atoms with E-state index in [1.807, 2.05) is 37.3 Å². The highest BCUT2D eigenvalue weighted by Gasteiger charge is 2.17. The van der Waals surface area contributed by atoms with Gasteiger partial charge in [0.05, 0.1) is 23.8 Å². The first-order valence-corrected chi connectivity index (χ1v) is 10.7. The molecule has 162 valence electrons. The molecule has 0 amide bonds. The zero-order valence-electron chi connectivity index (χ0n) is 18.2. The molecule has 8 nitrogen and oxygen atoms in total. The van der Waals surface area contributed by atoms with Crippen LogP contribution in [0.1, 0.15) is 21.9 Å². The van der Waals surface area contributed by atoms with Crippen LogP contribution < -0.4 is 4.90 Å². The molecule has 0 bridgehead atoms. The van der Waals surface area contributed by atoms with Crippen molar-refractivity contribution in [2.75, 3.05) is 38.1 Å². The zero-order chi connectivity index (χ0) is 22.1. The van der Waals surface area contributed by atoms with Crippen LogP contribution in [0.15, 0.2) is 53.2 Å². The van der Waals surface area contributed by atoms with Crippen LogP contribution in [0.5, 0.6) is 0 Å². The maximum Gasteiger partial charge on any atom is 0.191 e. The molecule has 0 saturated carbocycles. The second kappa shape index (κ2) is 8.47. The summed E-state index contributed by atoms with van der Waals surface area (Å²) in [6.45, 7) is 5.60. The number of nitrogens with zero attached hydrogens (tertiary/aromatic N) is 6. The van der Waals surface area contributed by atoms with Gasteiger partial charge in [0, 0.05) is 55.8 Å². The maximum atomic E-state index is 13.0. The number of piperazine rings is 1. The number of benzene rings is 1. The Morgan fingerprint density at radius 2 is 1.88 bits per heavy atom. The van der Waals surface area contributed by atoms with Crippen molar-refractivity contribution >= 4 is 22.5 Å². The summed E-state index contributed by atoms with van der Waals surface area (Å²) in [6, 6.07) is 11.4. The maximum absolute atomic E-state index is 13.0. The zero-order valence-corrected chi connectivity index (χ0v) is 18.2. The molecule has 0 N–H and O–H groups in total. The number of aromatic nitrogens is 4. The van der Waals surface area contributed by atoms with Crippen molar-refractivity contribution in [2.24, 2.45) is 0 Å². The molecule has 4 heterocycles. The number of carbonyl (C=O) groups is 1. The lowest BCUT2D eigenvalue weighted by Crippen LogP contribution is -2.44. The Bertz CT molecular complexity index is 1280. The number of likely N-dealkylation sites (N-methyl/N-ethyl adjacent to an activating group) is 1. The highest BCUT2D eigenvalue weighted by molar-refractivity contribution is 5.98. The van der Waals surface area contributed by atoms with Crippen molar-refractivity contribution in [1.29, 1.82) is 0 Å². The summed E-state index contributed by atoms with van der Waals surface area (Å²) < 4.78 is 5.62. The van der Waals surface area contributed by atoms with Crippen molar-refractivity contribution < 1.29 is 9.21 Å². The first-order chi connectivity index (χ1) is 15.5. The third kappa shape index (κ3) is 4.22. The minimum absolute atomic E-state index is 0.00144. The molecule has 1 aliphatic heterocycles. The van der Waals surface area contributed by atoms with Crippen molar-refractivity contribution in [2.45, 2.75) is 13.3 Å². The highest BCUT2D eigenvalue weighted by atomic mass is 16.4. The molecule has 0 spiro atoms. The summed E-state index contributed by atoms with van der Waals surface area (Å²) >= 11 is 0. The van der Waals surface area contributed by atoms with E-state index in [1.54, 1.807) is 18.5 Å². The van der Waals surface area contributed by atoms with Gasteiger partial charge in [0.1, 0.15) is 5.82 Å². The summed E-state index contributed by atoms with van der Waals surface area (Å²) in [7, 11) is 2.12. The van der Waals surface area contributed by atoms with Crippen LogP contribution in [0.3, 0.4) is 0 Å². The number of aryl methyl sites for hydroxylation is 1. The van der Waals surface area contributed by atoms with Gasteiger partial charge in [-0.15, -0.1) is 0 Å². The number of carbonyl (C=O) groups excluding carboxylic acids is 1. The van der Waals surface area contributed by atoms with Crippen LogP contribution in [0.25, 0.3) is 22.2 Å². The fourth-order valence-corrected chi connectivity index (χ4v) is 3.89. The van der Waals surface area contributed by atoms with Gasteiger partial charge >= 0.3 is 0 Å². The van der Waals surface area contributed by atoms with E-state index in [-0.39, 0.29) is 12.2 Å². The first kappa shape index (κ1) is 20.3. The number of hydrogen-bond acceptors (Lipinski definition) is 8. The monoisotopic (exact) mass is 428 g/mol. The average Bonchev–Trinajstić information content (AvgIpc) is 3.25. The molecule has 8 heteroatoms. The largest absolute Gasteiger partial charge is 0.441 e. The Labute approximate surface area is 185 Å². The van der Waals surface area contributed by atoms with Gasteiger partial charge in [-0.05, 0) is 43.4 Å². The van der Waals surface area contributed by atoms with Crippen molar-refractivity contribution in [3.8, 4) is 11.3 Å². The average molecular weight is 428 g/mol. The van der Waals surface area contributed by atoms with Gasteiger partial charge in [-0.3, -0.25) is 4.79 Å². The molecule has 5 rings (SSSR count). The van der Waals surface area contributed by atoms with E-state index in [4.69, 9.17) is 4.42 Å². The second-order valence-electron chi connectivity index (χ2n) is 8.15. The van der Waals surface area contributed by atoms with E-state index in [1.165, 1.54) is 0 Å². The van der Waals surface area contributed by atoms with Crippen LogP contribution in [0.4, 0.5) is 5.82 Å². The SMILES string of the molecule is Cc1ncc(-c2ccc3nnc(CC(=O)c4ccnc(N5CCN(C)CC5)c4)cc3c2)o1. The van der Waals surface area contributed by atoms with E-state index in [0.717, 1.165) is 48.5 Å². The Morgan fingerprint density at radius 1 is 1.03 bits per heavy atom. The van der Waals surface area contributed by atoms with Crippen LogP contribution in [0, 0.1) is 6.92 Å². The Kier molecular flexibility index (Phi) is 5.36. The van der Waals surface area contributed by atoms with Gasteiger partial charge in [0.25, 0.3) is 0 Å². The minimum Gasteiger partial charge on any atom is -0.441 e. The molecule has 0 unspecified atom stereocenters. The molecule has 32 heavy (non-hydrogen) atoms. The molecule has 4 aromatic rings. The molecular formula is C24H24N6O2. The standard InChI is InChI=1S/C24H24N6O2/c1-16-26-15-23(32-16)18-3-4-21-19(11-18)12-20(27-28-21)14-22(31)17-5-6-25-24(13-17)30-9-7-29(2)8-10-30/h3-6,11-13,15H,7-10,14H2,1-2H3. The second-order valence-corrected chi connectivity index (χ2v) is 8.15. The van der Waals surface area contributed by atoms with E-state index >= 15 is 0 Å². The third-order valence-corrected chi connectivity index (χ3v) is 5.78. The summed E-state index contributed by atoms with van der Waals surface area (Å²) in [5, 5.41) is 9.46. The van der Waals surface area contributed by atoms with Crippen LogP contribution in [-0.2, 0) is 6.42 Å². The van der Waals surface area contributed by atoms with Gasteiger partial charge in [-0.2, -0.15) is 10.2 Å². The molecule has 1 saturated heterocycles. The Morgan fingerprint density at radius 3 is 2.66 bits per heavy atom. The van der Waals surface area contributed by atoms with Gasteiger partial charge in [-0.25, -0.2) is 9.97 Å². The lowest BCUT2D eigenvalue weighted by atomic mass is 10.1. The number of ketones is 1. The van der Waals surface area contributed by atoms with Crippen molar-refractivity contribution in [3.63, 3.8) is 0 Å². The highest BCUT2D eigenvalue weighted by Crippen LogP contribution is 2.24. The van der Waals surface area contributed by atoms with Gasteiger partial charge < -0.3 is 14.2 Å². The fourth-order valence-electron chi connectivity index (χ4n) is 3.89. The quantitative estimate of drug-likeness (QED) is 0.448. The minimum atomic E-state index is -0.00144. The number of pyridine rings is 1. The van der Waals surface area contributed by atoms with Crippen LogP contribution in [0.2, 0.25) is 0 Å². The van der Waals surface area contributed by atoms with Crippen molar-refractivity contribution in [3.05, 3.63) is 65.9 Å². The fraction of sp³-hybridized carbons (Fsp3) is 0.292. The number of rotatable bonds is 5. The Hall–Kier alpha value is -3.65. The predicted octanol–water partition coefficient (Wildman–Crippen LogP) is 3.17. The number of fused-ring (bicyclic) bond motifs is 1. The van der Waals surface area contributed by atoms with Gasteiger partial charge in [0.15, 0.2) is 17.4 Å². The number of oxazole rings is 1. The van der Waals surface area contributed by atoms with Gasteiger partial charge in [0.2, 0.25) is 0 Å². The number of hydrogen-bond donors (Lipinski definition) is 0. The molecule has 0 radical (unpaired) electrons. The molecule has 1 aromatic carbocycles. The smallest absolute Gasteiger partial charge is 0.191 e. The van der Waals surface area contributed by atoms with E-state index < -0.39 is 0 Å². The van der Waals surface area contributed by atoms with E-state index in [9.17, 15) is 4.79 Å². The third-order valence-electron chi connectivity index (χ3n) is 5.78. The topological polar surface area (TPSA) is 88.2 Å². The summed E-state index contributed by atoms with van der Waals surface area (Å²) in [4.78, 5) is 26.1. The molecule has 0 atom stereocenters. The normalized spacial score (nSPS) is 14.8. The number of Topliss-reactive ketones (excluding diaryl/α,β-unsaturated/α-hetero) is 1. The molecule has 0 aliphatic carbocycles. The Balaban J connectivity index is 1.36. The lowest BCUT2D eigenvalue weighted by Gasteiger charge is -2.33. The van der Waals surface area contributed by atoms with E-state index in [0.29, 0.717) is 22.9 Å². The van der Waals surface area contributed by atoms with Crippen molar-refractivity contribution in [1.82, 2.24) is 25.1 Å². The predicted molar refractivity (Wildman–Crippen MR) is 122 cm³/mol. The molecule has 1 fully saturated rings.